The molecule has 1 aliphatic rings. The van der Waals surface area contributed by atoms with Crippen molar-refractivity contribution < 1.29 is 24.2 Å². The van der Waals surface area contributed by atoms with Crippen molar-refractivity contribution in [2.24, 2.45) is 0 Å². The number of carbonyl (C=O) groups is 3. The molecule has 2 unspecified atom stereocenters. The number of amides is 1. The number of allylic oxidation sites excluding steroid dienone is 5. The van der Waals surface area contributed by atoms with Crippen LogP contribution in [0.3, 0.4) is 0 Å². The van der Waals surface area contributed by atoms with Crippen LogP contribution < -0.4 is 5.32 Å². The maximum Gasteiger partial charge on any atom is 0.411 e. The zero-order valence-corrected chi connectivity index (χ0v) is 27.3. The van der Waals surface area contributed by atoms with E-state index in [0.717, 1.165) is 43.1 Å². The number of hydrogen-bond acceptors (Lipinski definition) is 6. The maximum atomic E-state index is 13.2. The average molecular weight is 599 g/mol. The second-order valence-electron chi connectivity index (χ2n) is 12.5. The Morgan fingerprint density at radius 1 is 1.05 bits per heavy atom. The number of carboxylic acid groups (broad SMARTS) is 1. The summed E-state index contributed by atoms with van der Waals surface area (Å²) in [6.07, 6.45) is 11.3. The van der Waals surface area contributed by atoms with Gasteiger partial charge in [-0.2, -0.15) is 11.8 Å². The molecular formula is C34H50N2O5S. The van der Waals surface area contributed by atoms with Gasteiger partial charge < -0.3 is 20.0 Å². The third kappa shape index (κ3) is 11.8. The molecule has 1 aromatic rings. The van der Waals surface area contributed by atoms with Gasteiger partial charge in [-0.15, -0.1) is 0 Å². The van der Waals surface area contributed by atoms with E-state index in [9.17, 15) is 19.5 Å². The topological polar surface area (TPSA) is 95.9 Å². The van der Waals surface area contributed by atoms with E-state index in [4.69, 9.17) is 4.74 Å². The molecule has 42 heavy (non-hydrogen) atoms. The Kier molecular flexibility index (Phi) is 14.1. The monoisotopic (exact) mass is 598 g/mol. The van der Waals surface area contributed by atoms with Crippen LogP contribution in [0.4, 0.5) is 4.79 Å². The number of hydrogen-bond donors (Lipinski definition) is 2. The zero-order chi connectivity index (χ0) is 31.3. The smallest absolute Gasteiger partial charge is 0.411 e. The fraction of sp³-hybridized carbons (Fsp3) is 0.559. The number of thioether (sulfide) groups is 1. The van der Waals surface area contributed by atoms with Crippen LogP contribution in [0, 0.1) is 0 Å². The normalized spacial score (nSPS) is 18.2. The van der Waals surface area contributed by atoms with Crippen LogP contribution in [0.5, 0.6) is 0 Å². The second-order valence-corrected chi connectivity index (χ2v) is 13.6. The van der Waals surface area contributed by atoms with E-state index in [1.807, 2.05) is 24.3 Å². The van der Waals surface area contributed by atoms with Gasteiger partial charge in [0, 0.05) is 24.5 Å². The molecule has 1 aliphatic heterocycles. The molecule has 2 atom stereocenters. The summed E-state index contributed by atoms with van der Waals surface area (Å²) < 4.78 is 5.64. The molecule has 2 N–H and O–H groups in total. The molecule has 2 rings (SSSR count). The number of nitrogens with one attached hydrogen (secondary N) is 1. The van der Waals surface area contributed by atoms with Crippen LogP contribution >= 0.6 is 11.8 Å². The van der Waals surface area contributed by atoms with Crippen LogP contribution in [0.1, 0.15) is 85.3 Å². The van der Waals surface area contributed by atoms with Gasteiger partial charge in [0.2, 0.25) is 0 Å². The number of ether oxygens (including phenoxy) is 1. The fourth-order valence-corrected chi connectivity index (χ4v) is 5.78. The summed E-state index contributed by atoms with van der Waals surface area (Å²) in [7, 11) is 0. The Morgan fingerprint density at radius 3 is 2.26 bits per heavy atom. The van der Waals surface area contributed by atoms with E-state index in [-0.39, 0.29) is 19.5 Å². The third-order valence-electron chi connectivity index (χ3n) is 7.22. The first kappa shape index (κ1) is 35.4. The van der Waals surface area contributed by atoms with E-state index < -0.39 is 29.2 Å². The van der Waals surface area contributed by atoms with Crippen LogP contribution in [-0.2, 0) is 27.3 Å². The van der Waals surface area contributed by atoms with E-state index in [0.29, 0.717) is 11.5 Å². The number of fused-ring (bicyclic) bond motifs is 1. The highest BCUT2D eigenvalue weighted by Crippen LogP contribution is 2.31. The minimum atomic E-state index is -1.26. The predicted molar refractivity (Wildman–Crippen MR) is 173 cm³/mol. The lowest BCUT2D eigenvalue weighted by atomic mass is 9.83. The van der Waals surface area contributed by atoms with Gasteiger partial charge in [0.05, 0.1) is 6.54 Å². The first-order valence-electron chi connectivity index (χ1n) is 14.8. The van der Waals surface area contributed by atoms with Gasteiger partial charge in [0.15, 0.2) is 0 Å². The number of carbonyl (C=O) groups excluding carboxylic acids is 2. The van der Waals surface area contributed by atoms with Gasteiger partial charge in [-0.3, -0.25) is 9.69 Å². The molecule has 0 aromatic heterocycles. The lowest BCUT2D eigenvalue weighted by Gasteiger charge is -2.44. The molecule has 1 heterocycles. The summed E-state index contributed by atoms with van der Waals surface area (Å²) in [6, 6.07) is 6.81. The minimum Gasteiger partial charge on any atom is -0.480 e. The lowest BCUT2D eigenvalue weighted by Crippen LogP contribution is -2.63. The van der Waals surface area contributed by atoms with Gasteiger partial charge in [0.1, 0.15) is 23.5 Å². The highest BCUT2D eigenvalue weighted by atomic mass is 32.2. The van der Waals surface area contributed by atoms with E-state index in [1.165, 1.54) is 33.4 Å². The molecule has 8 heteroatoms. The van der Waals surface area contributed by atoms with Crippen molar-refractivity contribution in [1.29, 1.82) is 0 Å². The van der Waals surface area contributed by atoms with Crippen molar-refractivity contribution in [2.45, 2.75) is 104 Å². The summed E-state index contributed by atoms with van der Waals surface area (Å²) in [6.45, 7) is 14.1. The van der Waals surface area contributed by atoms with Gasteiger partial charge in [-0.25, -0.2) is 4.79 Å². The number of aldehydes is 1. The lowest BCUT2D eigenvalue weighted by molar-refractivity contribution is -0.139. The second kappa shape index (κ2) is 16.7. The van der Waals surface area contributed by atoms with Crippen molar-refractivity contribution in [3.63, 3.8) is 0 Å². The quantitative estimate of drug-likeness (QED) is 0.126. The van der Waals surface area contributed by atoms with Crippen LogP contribution in [-0.4, -0.2) is 63.6 Å². The van der Waals surface area contributed by atoms with Crippen molar-refractivity contribution in [2.75, 3.05) is 18.1 Å². The van der Waals surface area contributed by atoms with Crippen molar-refractivity contribution >= 4 is 30.1 Å². The molecule has 0 radical (unpaired) electrons. The average Bonchev–Trinajstić information content (AvgIpc) is 2.90. The minimum absolute atomic E-state index is 0.00969. The van der Waals surface area contributed by atoms with Gasteiger partial charge in [0.25, 0.3) is 0 Å². The number of rotatable bonds is 15. The summed E-state index contributed by atoms with van der Waals surface area (Å²) in [5.41, 5.74) is 3.96. The number of benzene rings is 1. The Hall–Kier alpha value is -2.84. The summed E-state index contributed by atoms with van der Waals surface area (Å²) >= 11 is 1.53. The highest BCUT2D eigenvalue weighted by molar-refractivity contribution is 7.99. The molecule has 7 nitrogen and oxygen atoms in total. The SMILES string of the molecule is CC(C)=CCCC(C)=CCCC(C)=CCSCC(NCC1(C=O)Cc2ccccc2CN1C(=O)OC(C)(C)C)C(=O)O. The molecule has 1 amide bonds. The van der Waals surface area contributed by atoms with Crippen LogP contribution in [0.25, 0.3) is 0 Å². The Labute approximate surface area is 256 Å². The number of aliphatic carboxylic acids is 1. The molecule has 232 valence electrons. The fourth-order valence-electron chi connectivity index (χ4n) is 4.75. The first-order chi connectivity index (χ1) is 19.8. The molecule has 1 aromatic carbocycles. The van der Waals surface area contributed by atoms with E-state index >= 15 is 0 Å². The van der Waals surface area contributed by atoms with Crippen LogP contribution in [0.15, 0.2) is 59.2 Å². The van der Waals surface area contributed by atoms with E-state index in [2.05, 4.69) is 51.2 Å². The van der Waals surface area contributed by atoms with Crippen LogP contribution in [0.2, 0.25) is 0 Å². The summed E-state index contributed by atoms with van der Waals surface area (Å²) in [4.78, 5) is 39.4. The Balaban J connectivity index is 1.99. The van der Waals surface area contributed by atoms with Crippen molar-refractivity contribution in [1.82, 2.24) is 10.2 Å². The molecule has 0 spiro atoms. The molecule has 0 aliphatic carbocycles. The van der Waals surface area contributed by atoms with Crippen molar-refractivity contribution in [3.8, 4) is 0 Å². The highest BCUT2D eigenvalue weighted by Gasteiger charge is 2.45. The molecule has 0 bridgehead atoms. The molecule has 0 fully saturated rings. The first-order valence-corrected chi connectivity index (χ1v) is 15.9. The standard InChI is InChI=1S/C34H50N2O5S/c1-25(2)12-10-13-26(3)14-11-15-27(4)18-19-42-22-30(31(38)39)35-23-34(24-37)20-28-16-8-9-17-29(28)21-36(34)32(40)41-33(5,6)7/h8-9,12,14,16-18,24,30,35H,10-11,13,15,19-23H2,1-7H3,(H,38,39). The molecule has 0 saturated heterocycles. The zero-order valence-electron chi connectivity index (χ0n) is 26.5. The predicted octanol–water partition coefficient (Wildman–Crippen LogP) is 7.11. The molecular weight excluding hydrogens is 548 g/mol. The van der Waals surface area contributed by atoms with Gasteiger partial charge in [-0.1, -0.05) is 59.2 Å². The van der Waals surface area contributed by atoms with Crippen molar-refractivity contribution in [3.05, 3.63) is 70.3 Å². The molecule has 0 saturated carbocycles. The number of carboxylic acids is 1. The maximum absolute atomic E-state index is 13.2. The largest absolute Gasteiger partial charge is 0.480 e. The Bertz CT molecular complexity index is 1160. The Morgan fingerprint density at radius 2 is 1.67 bits per heavy atom. The summed E-state index contributed by atoms with van der Waals surface area (Å²) in [5, 5.41) is 13.0. The van der Waals surface area contributed by atoms with Gasteiger partial charge in [-0.05, 0) is 85.3 Å². The van der Waals surface area contributed by atoms with Gasteiger partial charge >= 0.3 is 12.1 Å². The third-order valence-corrected chi connectivity index (χ3v) is 8.20. The number of nitrogens with zero attached hydrogens (tertiary/aromatic N) is 1. The summed E-state index contributed by atoms with van der Waals surface area (Å²) in [5.74, 6) is 0.0510. The van der Waals surface area contributed by atoms with E-state index in [1.54, 1.807) is 20.8 Å².